The molecule has 28 heavy (non-hydrogen) atoms. The number of nitro groups is 2. The normalized spacial score (nSPS) is 10.4. The average Bonchev–Trinajstić information content (AvgIpc) is 2.68. The third-order valence-electron chi connectivity index (χ3n) is 4.04. The first-order valence-electron chi connectivity index (χ1n) is 8.30. The van der Waals surface area contributed by atoms with Gasteiger partial charge in [-0.15, -0.1) is 0 Å². The van der Waals surface area contributed by atoms with Crippen LogP contribution in [-0.2, 0) is 0 Å². The lowest BCUT2D eigenvalue weighted by Crippen LogP contribution is -1.96. The van der Waals surface area contributed by atoms with E-state index in [2.05, 4.69) is 0 Å². The number of aryl methyl sites for hydroxylation is 2. The maximum Gasteiger partial charge on any atom is 0.269 e. The number of non-ortho nitro benzene ring substituents is 2. The molecule has 0 saturated heterocycles. The first-order chi connectivity index (χ1) is 13.3. The monoisotopic (exact) mass is 380 g/mol. The summed E-state index contributed by atoms with van der Waals surface area (Å²) in [7, 11) is 0. The van der Waals surface area contributed by atoms with E-state index >= 15 is 0 Å². The van der Waals surface area contributed by atoms with Crippen LogP contribution in [0.15, 0.2) is 60.7 Å². The molecule has 0 bridgehead atoms. The molecule has 0 spiro atoms. The van der Waals surface area contributed by atoms with Crippen molar-refractivity contribution in [3.63, 3.8) is 0 Å². The maximum absolute atomic E-state index is 10.8. The molecule has 8 heteroatoms. The molecule has 0 heterocycles. The van der Waals surface area contributed by atoms with Crippen molar-refractivity contribution in [2.24, 2.45) is 0 Å². The van der Waals surface area contributed by atoms with Crippen molar-refractivity contribution >= 4 is 11.4 Å². The van der Waals surface area contributed by atoms with Crippen LogP contribution in [0.2, 0.25) is 0 Å². The van der Waals surface area contributed by atoms with Crippen molar-refractivity contribution in [1.82, 2.24) is 0 Å². The standard InChI is InChI=1S/C20H16N2O6/c1-13-3-4-14(2)20(28-18-11-7-16(8-12-18)22(25)26)19(13)27-17-9-5-15(6-10-17)21(23)24/h3-12H,1-2H3. The van der Waals surface area contributed by atoms with Gasteiger partial charge in [0.2, 0.25) is 0 Å². The number of benzene rings is 3. The molecule has 3 rings (SSSR count). The fourth-order valence-electron chi connectivity index (χ4n) is 2.52. The highest BCUT2D eigenvalue weighted by atomic mass is 16.6. The van der Waals surface area contributed by atoms with E-state index in [0.717, 1.165) is 11.1 Å². The van der Waals surface area contributed by atoms with E-state index in [1.165, 1.54) is 48.5 Å². The number of ether oxygens (including phenoxy) is 2. The Kier molecular flexibility index (Phi) is 5.21. The van der Waals surface area contributed by atoms with Crippen molar-refractivity contribution in [2.75, 3.05) is 0 Å². The van der Waals surface area contributed by atoms with E-state index in [0.29, 0.717) is 23.0 Å². The first-order valence-corrected chi connectivity index (χ1v) is 8.30. The Balaban J connectivity index is 1.92. The fourth-order valence-corrected chi connectivity index (χ4v) is 2.52. The fraction of sp³-hybridized carbons (Fsp3) is 0.100. The van der Waals surface area contributed by atoms with Gasteiger partial charge in [-0.05, 0) is 49.2 Å². The molecule has 0 aliphatic rings. The van der Waals surface area contributed by atoms with E-state index in [1.807, 2.05) is 26.0 Å². The lowest BCUT2D eigenvalue weighted by molar-refractivity contribution is -0.385. The third kappa shape index (κ3) is 4.07. The van der Waals surface area contributed by atoms with Gasteiger partial charge >= 0.3 is 0 Å². The predicted octanol–water partition coefficient (Wildman–Crippen LogP) is 5.70. The molecule has 8 nitrogen and oxygen atoms in total. The number of hydrogen-bond donors (Lipinski definition) is 0. The third-order valence-corrected chi connectivity index (χ3v) is 4.04. The Morgan fingerprint density at radius 1 is 0.607 bits per heavy atom. The molecule has 0 saturated carbocycles. The van der Waals surface area contributed by atoms with Gasteiger partial charge in [0.25, 0.3) is 11.4 Å². The molecule has 3 aromatic rings. The van der Waals surface area contributed by atoms with E-state index in [1.54, 1.807) is 0 Å². The minimum atomic E-state index is -0.481. The highest BCUT2D eigenvalue weighted by Crippen LogP contribution is 2.40. The molecule has 0 aromatic heterocycles. The van der Waals surface area contributed by atoms with Crippen molar-refractivity contribution in [2.45, 2.75) is 13.8 Å². The highest BCUT2D eigenvalue weighted by Gasteiger charge is 2.16. The van der Waals surface area contributed by atoms with Crippen LogP contribution < -0.4 is 9.47 Å². The Bertz CT molecular complexity index is 945. The average molecular weight is 380 g/mol. The summed E-state index contributed by atoms with van der Waals surface area (Å²) in [5.41, 5.74) is 1.55. The van der Waals surface area contributed by atoms with Crippen LogP contribution in [0.4, 0.5) is 11.4 Å². The summed E-state index contributed by atoms with van der Waals surface area (Å²) in [5.74, 6) is 1.78. The van der Waals surface area contributed by atoms with Crippen LogP contribution in [-0.4, -0.2) is 9.85 Å². The van der Waals surface area contributed by atoms with E-state index < -0.39 is 9.85 Å². The lowest BCUT2D eigenvalue weighted by Gasteiger charge is -2.16. The van der Waals surface area contributed by atoms with Gasteiger partial charge in [-0.2, -0.15) is 0 Å². The molecule has 0 aliphatic heterocycles. The van der Waals surface area contributed by atoms with Crippen LogP contribution in [0.3, 0.4) is 0 Å². The van der Waals surface area contributed by atoms with Gasteiger partial charge in [-0.1, -0.05) is 12.1 Å². The quantitative estimate of drug-likeness (QED) is 0.401. The largest absolute Gasteiger partial charge is 0.453 e. The topological polar surface area (TPSA) is 105 Å². The Hall–Kier alpha value is -3.94. The summed E-state index contributed by atoms with van der Waals surface area (Å²) >= 11 is 0. The van der Waals surface area contributed by atoms with Crippen LogP contribution in [0.5, 0.6) is 23.0 Å². The molecule has 0 unspecified atom stereocenters. The summed E-state index contributed by atoms with van der Waals surface area (Å²) in [6, 6.07) is 15.2. The summed E-state index contributed by atoms with van der Waals surface area (Å²) < 4.78 is 11.9. The van der Waals surface area contributed by atoms with E-state index in [4.69, 9.17) is 9.47 Å². The van der Waals surface area contributed by atoms with Gasteiger partial charge in [-0.3, -0.25) is 20.2 Å². The minimum Gasteiger partial charge on any atom is -0.453 e. The minimum absolute atomic E-state index is 0.0318. The van der Waals surface area contributed by atoms with Crippen LogP contribution >= 0.6 is 0 Å². The van der Waals surface area contributed by atoms with Crippen LogP contribution in [0.25, 0.3) is 0 Å². The zero-order chi connectivity index (χ0) is 20.3. The highest BCUT2D eigenvalue weighted by molar-refractivity contribution is 5.55. The predicted molar refractivity (Wildman–Crippen MR) is 102 cm³/mol. The molecule has 142 valence electrons. The SMILES string of the molecule is Cc1ccc(C)c(Oc2ccc([N+](=O)[O-])cc2)c1Oc1ccc([N+](=O)[O-])cc1. The number of nitro benzene ring substituents is 2. The second-order valence-corrected chi connectivity index (χ2v) is 6.06. The summed E-state index contributed by atoms with van der Waals surface area (Å²) in [5, 5.41) is 21.6. The molecular weight excluding hydrogens is 364 g/mol. The molecule has 0 fully saturated rings. The summed E-state index contributed by atoms with van der Waals surface area (Å²) in [4.78, 5) is 20.6. The molecule has 0 radical (unpaired) electrons. The van der Waals surface area contributed by atoms with Gasteiger partial charge in [-0.25, -0.2) is 0 Å². The molecule has 3 aromatic carbocycles. The van der Waals surface area contributed by atoms with Crippen LogP contribution in [0, 0.1) is 34.1 Å². The second-order valence-electron chi connectivity index (χ2n) is 6.06. The smallest absolute Gasteiger partial charge is 0.269 e. The number of nitrogens with zero attached hydrogens (tertiary/aromatic N) is 2. The molecule has 0 aliphatic carbocycles. The maximum atomic E-state index is 10.8. The Morgan fingerprint density at radius 2 is 0.929 bits per heavy atom. The van der Waals surface area contributed by atoms with Gasteiger partial charge in [0.05, 0.1) is 9.85 Å². The molecule has 0 amide bonds. The summed E-state index contributed by atoms with van der Waals surface area (Å²) in [6.45, 7) is 3.70. The Morgan fingerprint density at radius 3 is 1.21 bits per heavy atom. The first kappa shape index (κ1) is 18.8. The molecule has 0 atom stereocenters. The number of rotatable bonds is 6. The lowest BCUT2D eigenvalue weighted by atomic mass is 10.1. The Labute approximate surface area is 160 Å². The van der Waals surface area contributed by atoms with E-state index in [9.17, 15) is 20.2 Å². The van der Waals surface area contributed by atoms with Gasteiger partial charge < -0.3 is 9.47 Å². The van der Waals surface area contributed by atoms with Crippen molar-refractivity contribution in [3.8, 4) is 23.0 Å². The van der Waals surface area contributed by atoms with Gasteiger partial charge in [0, 0.05) is 24.3 Å². The molecule has 0 N–H and O–H groups in total. The summed E-state index contributed by atoms with van der Waals surface area (Å²) in [6.07, 6.45) is 0. The second kappa shape index (κ2) is 7.75. The zero-order valence-corrected chi connectivity index (χ0v) is 15.1. The van der Waals surface area contributed by atoms with Crippen LogP contribution in [0.1, 0.15) is 11.1 Å². The van der Waals surface area contributed by atoms with Crippen molar-refractivity contribution < 1.29 is 19.3 Å². The van der Waals surface area contributed by atoms with Gasteiger partial charge in [0.15, 0.2) is 11.5 Å². The number of hydrogen-bond acceptors (Lipinski definition) is 6. The molecular formula is C20H16N2O6. The zero-order valence-electron chi connectivity index (χ0n) is 15.1. The van der Waals surface area contributed by atoms with Gasteiger partial charge in [0.1, 0.15) is 11.5 Å². The van der Waals surface area contributed by atoms with Crippen molar-refractivity contribution in [3.05, 3.63) is 92.0 Å². The van der Waals surface area contributed by atoms with E-state index in [-0.39, 0.29) is 11.4 Å². The van der Waals surface area contributed by atoms with Crippen molar-refractivity contribution in [1.29, 1.82) is 0 Å².